The quantitative estimate of drug-likeness (QED) is 0.393. The van der Waals surface area contributed by atoms with Crippen LogP contribution in [0.2, 0.25) is 10.2 Å². The van der Waals surface area contributed by atoms with Crippen LogP contribution in [0.25, 0.3) is 0 Å². The van der Waals surface area contributed by atoms with Crippen molar-refractivity contribution in [1.82, 2.24) is 4.98 Å². The van der Waals surface area contributed by atoms with E-state index in [0.717, 1.165) is 6.07 Å². The summed E-state index contributed by atoms with van der Waals surface area (Å²) in [5, 5.41) is 18.8. The first kappa shape index (κ1) is 13.3. The van der Waals surface area contributed by atoms with E-state index in [4.69, 9.17) is 28.5 Å². The predicted molar refractivity (Wildman–Crippen MR) is 43.3 cm³/mol. The van der Waals surface area contributed by atoms with Gasteiger partial charge in [-0.1, -0.05) is 23.2 Å². The van der Waals surface area contributed by atoms with Crippen molar-refractivity contribution in [3.05, 3.63) is 27.5 Å². The third kappa shape index (κ3) is 2.64. The van der Waals surface area contributed by atoms with Crippen molar-refractivity contribution in [1.29, 1.82) is 5.26 Å². The molecule has 1 aromatic heterocycles. The fraction of sp³-hybridized carbons (Fsp3) is 0. The molecular formula is C7HCl2LiN2O2. The Morgan fingerprint density at radius 3 is 2.57 bits per heavy atom. The third-order valence-electron chi connectivity index (χ3n) is 1.26. The minimum atomic E-state index is -1.51. The van der Waals surface area contributed by atoms with E-state index < -0.39 is 5.97 Å². The van der Waals surface area contributed by atoms with Gasteiger partial charge in [0.15, 0.2) is 5.69 Å². The molecule has 0 aliphatic rings. The van der Waals surface area contributed by atoms with Crippen molar-refractivity contribution in [2.75, 3.05) is 0 Å². The number of nitrogens with zero attached hydrogens (tertiary/aromatic N) is 2. The number of carboxylic acids is 1. The Morgan fingerprint density at radius 2 is 2.14 bits per heavy atom. The monoisotopic (exact) mass is 222 g/mol. The Balaban J connectivity index is 0.00000169. The number of carboxylic acid groups (broad SMARTS) is 1. The number of hydrogen-bond acceptors (Lipinski definition) is 4. The van der Waals surface area contributed by atoms with Crippen molar-refractivity contribution in [3.8, 4) is 6.07 Å². The number of hydrogen-bond donors (Lipinski definition) is 0. The van der Waals surface area contributed by atoms with Crippen LogP contribution in [-0.2, 0) is 0 Å². The van der Waals surface area contributed by atoms with E-state index in [1.54, 1.807) is 6.07 Å². The van der Waals surface area contributed by atoms with Crippen LogP contribution in [-0.4, -0.2) is 11.0 Å². The molecule has 7 heteroatoms. The zero-order valence-corrected chi connectivity index (χ0v) is 8.56. The summed E-state index contributed by atoms with van der Waals surface area (Å²) in [4.78, 5) is 13.9. The van der Waals surface area contributed by atoms with Crippen LogP contribution in [0, 0.1) is 11.3 Å². The van der Waals surface area contributed by atoms with Gasteiger partial charge in [-0.25, -0.2) is 4.98 Å². The maximum Gasteiger partial charge on any atom is 1.00 e. The van der Waals surface area contributed by atoms with Gasteiger partial charge in [0.05, 0.1) is 11.0 Å². The smallest absolute Gasteiger partial charge is 0.545 e. The van der Waals surface area contributed by atoms with Crippen LogP contribution < -0.4 is 24.0 Å². The molecule has 0 aliphatic carbocycles. The molecule has 4 nitrogen and oxygen atoms in total. The second kappa shape index (κ2) is 5.24. The van der Waals surface area contributed by atoms with Crippen LogP contribution in [0.3, 0.4) is 0 Å². The largest absolute Gasteiger partial charge is 1.00 e. The van der Waals surface area contributed by atoms with E-state index in [0.29, 0.717) is 0 Å². The van der Waals surface area contributed by atoms with Crippen molar-refractivity contribution in [3.63, 3.8) is 0 Å². The summed E-state index contributed by atoms with van der Waals surface area (Å²) in [6.45, 7) is 0. The van der Waals surface area contributed by atoms with Crippen LogP contribution in [0.1, 0.15) is 16.1 Å². The molecule has 1 aromatic rings. The number of nitriles is 1. The Morgan fingerprint density at radius 1 is 1.57 bits per heavy atom. The molecular weight excluding hydrogens is 222 g/mol. The SMILES string of the molecule is N#Cc1nc(Cl)c(Cl)cc1C(=O)[O-].[Li+]. The summed E-state index contributed by atoms with van der Waals surface area (Å²) in [6.07, 6.45) is 0. The minimum Gasteiger partial charge on any atom is -0.545 e. The van der Waals surface area contributed by atoms with Crippen LogP contribution in [0.15, 0.2) is 6.07 Å². The fourth-order valence-corrected chi connectivity index (χ4v) is 0.998. The molecule has 0 saturated heterocycles. The topological polar surface area (TPSA) is 76.8 Å². The number of carbonyl (C=O) groups excluding carboxylic acids is 1. The van der Waals surface area contributed by atoms with Crippen molar-refractivity contribution >= 4 is 29.2 Å². The zero-order valence-electron chi connectivity index (χ0n) is 7.04. The Hall–Kier alpha value is -0.713. The first-order chi connectivity index (χ1) is 6.06. The molecule has 0 unspecified atom stereocenters. The summed E-state index contributed by atoms with van der Waals surface area (Å²) in [6, 6.07) is 2.60. The van der Waals surface area contributed by atoms with E-state index in [1.165, 1.54) is 0 Å². The molecule has 0 aromatic carbocycles. The standard InChI is InChI=1S/C7H2Cl2N2O2.Li/c8-4-1-3(7(12)13)5(2-10)11-6(4)9;/h1H,(H,12,13);/q;+1/p-1. The number of carbonyl (C=O) groups is 1. The number of pyridine rings is 1. The van der Waals surface area contributed by atoms with Crippen LogP contribution in [0.5, 0.6) is 0 Å². The molecule has 0 amide bonds. The molecule has 66 valence electrons. The Bertz CT molecular complexity index is 417. The van der Waals surface area contributed by atoms with E-state index in [-0.39, 0.29) is 40.3 Å². The Kier molecular flexibility index (Phi) is 4.97. The van der Waals surface area contributed by atoms with E-state index >= 15 is 0 Å². The first-order valence-corrected chi connectivity index (χ1v) is 3.79. The second-order valence-corrected chi connectivity index (χ2v) is 2.82. The van der Waals surface area contributed by atoms with Gasteiger partial charge in [0.25, 0.3) is 0 Å². The van der Waals surface area contributed by atoms with Crippen LogP contribution in [0.4, 0.5) is 0 Å². The molecule has 0 N–H and O–H groups in total. The Labute approximate surface area is 102 Å². The van der Waals surface area contributed by atoms with Gasteiger partial charge in [-0.2, -0.15) is 5.26 Å². The molecule has 0 bridgehead atoms. The molecule has 0 radical (unpaired) electrons. The number of rotatable bonds is 1. The molecule has 0 fully saturated rings. The van der Waals surface area contributed by atoms with E-state index in [9.17, 15) is 9.90 Å². The minimum absolute atomic E-state index is 0. The summed E-state index contributed by atoms with van der Waals surface area (Å²) in [5.41, 5.74) is -0.675. The molecule has 0 spiro atoms. The van der Waals surface area contributed by atoms with Crippen molar-refractivity contribution < 1.29 is 28.8 Å². The van der Waals surface area contributed by atoms with Gasteiger partial charge in [-0.05, 0) is 6.07 Å². The maximum absolute atomic E-state index is 10.4. The normalized spacial score (nSPS) is 8.64. The predicted octanol–water partition coefficient (Wildman–Crippen LogP) is -2.37. The summed E-state index contributed by atoms with van der Waals surface area (Å²) < 4.78 is 0. The van der Waals surface area contributed by atoms with Crippen LogP contribution >= 0.6 is 23.2 Å². The number of aromatic carboxylic acids is 1. The van der Waals surface area contributed by atoms with Gasteiger partial charge in [0, 0.05) is 5.56 Å². The fourth-order valence-electron chi connectivity index (χ4n) is 0.707. The summed E-state index contributed by atoms with van der Waals surface area (Å²) in [5.74, 6) is -1.51. The number of aromatic nitrogens is 1. The maximum atomic E-state index is 10.4. The number of halogens is 2. The summed E-state index contributed by atoms with van der Waals surface area (Å²) >= 11 is 11.0. The molecule has 1 heterocycles. The average Bonchev–Trinajstić information content (AvgIpc) is 2.08. The van der Waals surface area contributed by atoms with Gasteiger partial charge in [-0.15, -0.1) is 0 Å². The van der Waals surface area contributed by atoms with E-state index in [1.807, 2.05) is 0 Å². The molecule has 0 atom stereocenters. The van der Waals surface area contributed by atoms with Gasteiger partial charge < -0.3 is 9.90 Å². The van der Waals surface area contributed by atoms with Crippen molar-refractivity contribution in [2.24, 2.45) is 0 Å². The first-order valence-electron chi connectivity index (χ1n) is 3.03. The summed E-state index contributed by atoms with van der Waals surface area (Å²) in [7, 11) is 0. The molecule has 0 saturated carbocycles. The average molecular weight is 223 g/mol. The van der Waals surface area contributed by atoms with E-state index in [2.05, 4.69) is 4.98 Å². The zero-order chi connectivity index (χ0) is 10.0. The van der Waals surface area contributed by atoms with Gasteiger partial charge in [-0.3, -0.25) is 0 Å². The van der Waals surface area contributed by atoms with Gasteiger partial charge >= 0.3 is 18.9 Å². The molecule has 0 aliphatic heterocycles. The molecule has 14 heavy (non-hydrogen) atoms. The van der Waals surface area contributed by atoms with Gasteiger partial charge in [0.1, 0.15) is 11.2 Å². The van der Waals surface area contributed by atoms with Gasteiger partial charge in [0.2, 0.25) is 0 Å². The second-order valence-electron chi connectivity index (χ2n) is 2.06. The third-order valence-corrected chi connectivity index (χ3v) is 1.93. The van der Waals surface area contributed by atoms with Crippen molar-refractivity contribution in [2.45, 2.75) is 0 Å². The molecule has 1 rings (SSSR count).